The molecule has 1 aromatic carbocycles. The summed E-state index contributed by atoms with van der Waals surface area (Å²) < 4.78 is 0. The Morgan fingerprint density at radius 2 is 1.80 bits per heavy atom. The minimum absolute atomic E-state index is 0.247. The van der Waals surface area contributed by atoms with E-state index in [0.717, 1.165) is 15.9 Å². The lowest BCUT2D eigenvalue weighted by atomic mass is 10.2. The van der Waals surface area contributed by atoms with Gasteiger partial charge in [0.2, 0.25) is 0 Å². The van der Waals surface area contributed by atoms with Crippen molar-refractivity contribution in [2.24, 2.45) is 0 Å². The number of nitrogen functional groups attached to an aromatic ring is 1. The van der Waals surface area contributed by atoms with Crippen molar-refractivity contribution in [3.63, 3.8) is 0 Å². The van der Waals surface area contributed by atoms with Gasteiger partial charge >= 0.3 is 0 Å². The van der Waals surface area contributed by atoms with Gasteiger partial charge in [-0.2, -0.15) is 0 Å². The highest BCUT2D eigenvalue weighted by Crippen LogP contribution is 2.36. The van der Waals surface area contributed by atoms with Crippen LogP contribution in [0.2, 0.25) is 10.0 Å². The highest BCUT2D eigenvalue weighted by molar-refractivity contribution is 7.99. The molecule has 0 aliphatic rings. The number of nitrogens with zero attached hydrogens (tertiary/aromatic N) is 3. The minimum Gasteiger partial charge on any atom is -0.382 e. The van der Waals surface area contributed by atoms with Crippen molar-refractivity contribution in [2.75, 3.05) is 5.73 Å². The second-order valence-corrected chi connectivity index (χ2v) is 5.73. The summed E-state index contributed by atoms with van der Waals surface area (Å²) in [5.41, 5.74) is 6.57. The SMILES string of the molecule is Nc1nc(Sc2ncnc3ccccc23)c(Cl)cc1Cl. The van der Waals surface area contributed by atoms with E-state index < -0.39 is 0 Å². The molecular weight excluding hydrogens is 315 g/mol. The third kappa shape index (κ3) is 2.52. The molecule has 3 aromatic rings. The van der Waals surface area contributed by atoms with E-state index in [2.05, 4.69) is 15.0 Å². The van der Waals surface area contributed by atoms with Crippen LogP contribution in [0.3, 0.4) is 0 Å². The molecule has 0 spiro atoms. The summed E-state index contributed by atoms with van der Waals surface area (Å²) in [5, 5.41) is 3.05. The topological polar surface area (TPSA) is 64.7 Å². The van der Waals surface area contributed by atoms with Gasteiger partial charge in [-0.25, -0.2) is 15.0 Å². The molecule has 0 saturated carbocycles. The van der Waals surface area contributed by atoms with Crippen molar-refractivity contribution < 1.29 is 0 Å². The lowest BCUT2D eigenvalue weighted by Crippen LogP contribution is -1.94. The first-order valence-electron chi connectivity index (χ1n) is 5.64. The number of hydrogen-bond acceptors (Lipinski definition) is 5. The Labute approximate surface area is 129 Å². The molecule has 0 aliphatic heterocycles. The molecule has 0 aliphatic carbocycles. The van der Waals surface area contributed by atoms with Crippen LogP contribution in [0.4, 0.5) is 5.82 Å². The van der Waals surface area contributed by atoms with Crippen LogP contribution in [0.15, 0.2) is 46.7 Å². The largest absolute Gasteiger partial charge is 0.382 e. The van der Waals surface area contributed by atoms with Gasteiger partial charge in [-0.1, -0.05) is 41.4 Å². The predicted octanol–water partition coefficient (Wildman–Crippen LogP) is 4.07. The minimum atomic E-state index is 0.247. The number of halogens is 2. The fourth-order valence-corrected chi connectivity index (χ4v) is 3.03. The molecule has 2 N–H and O–H groups in total. The Morgan fingerprint density at radius 1 is 1.00 bits per heavy atom. The maximum atomic E-state index is 6.14. The van der Waals surface area contributed by atoms with E-state index in [9.17, 15) is 0 Å². The molecule has 0 radical (unpaired) electrons. The zero-order chi connectivity index (χ0) is 14.1. The summed E-state index contributed by atoms with van der Waals surface area (Å²) in [7, 11) is 0. The number of nitrogens with two attached hydrogens (primary N) is 1. The molecule has 20 heavy (non-hydrogen) atoms. The Bertz CT molecular complexity index is 789. The molecule has 3 rings (SSSR count). The van der Waals surface area contributed by atoms with Gasteiger partial charge in [0.15, 0.2) is 0 Å². The van der Waals surface area contributed by atoms with Gasteiger partial charge < -0.3 is 5.73 Å². The van der Waals surface area contributed by atoms with E-state index in [0.29, 0.717) is 15.1 Å². The number of fused-ring (bicyclic) bond motifs is 1. The highest BCUT2D eigenvalue weighted by atomic mass is 35.5. The molecule has 2 aromatic heterocycles. The second kappa shape index (κ2) is 5.44. The molecule has 0 unspecified atom stereocenters. The summed E-state index contributed by atoms with van der Waals surface area (Å²) in [4.78, 5) is 12.7. The Morgan fingerprint density at radius 3 is 2.65 bits per heavy atom. The molecule has 0 fully saturated rings. The molecule has 7 heteroatoms. The lowest BCUT2D eigenvalue weighted by Gasteiger charge is -2.07. The average Bonchev–Trinajstić information content (AvgIpc) is 2.45. The molecule has 0 atom stereocenters. The molecular formula is C13H8Cl2N4S. The van der Waals surface area contributed by atoms with E-state index in [4.69, 9.17) is 28.9 Å². The van der Waals surface area contributed by atoms with Gasteiger partial charge in [-0.05, 0) is 23.9 Å². The Balaban J connectivity index is 2.08. The molecule has 4 nitrogen and oxygen atoms in total. The van der Waals surface area contributed by atoms with E-state index >= 15 is 0 Å². The first kappa shape index (κ1) is 13.4. The summed E-state index contributed by atoms with van der Waals surface area (Å²) in [5.74, 6) is 0.247. The summed E-state index contributed by atoms with van der Waals surface area (Å²) in [6.45, 7) is 0. The van der Waals surface area contributed by atoms with Crippen LogP contribution in [0.1, 0.15) is 0 Å². The van der Waals surface area contributed by atoms with E-state index in [1.165, 1.54) is 18.1 Å². The van der Waals surface area contributed by atoms with Crippen LogP contribution in [0, 0.1) is 0 Å². The number of para-hydroxylation sites is 1. The Kier molecular flexibility index (Phi) is 3.65. The zero-order valence-electron chi connectivity index (χ0n) is 10.0. The fourth-order valence-electron chi connectivity index (χ4n) is 1.69. The summed E-state index contributed by atoms with van der Waals surface area (Å²) >= 11 is 13.3. The summed E-state index contributed by atoms with van der Waals surface area (Å²) in [6, 6.07) is 9.31. The molecule has 0 amide bonds. The normalized spacial score (nSPS) is 10.9. The first-order valence-corrected chi connectivity index (χ1v) is 7.21. The maximum absolute atomic E-state index is 6.14. The van der Waals surface area contributed by atoms with Crippen molar-refractivity contribution in [3.8, 4) is 0 Å². The van der Waals surface area contributed by atoms with E-state index in [1.807, 2.05) is 24.3 Å². The molecule has 0 saturated heterocycles. The van der Waals surface area contributed by atoms with Crippen LogP contribution in [-0.4, -0.2) is 15.0 Å². The smallest absolute Gasteiger partial charge is 0.143 e. The number of aromatic nitrogens is 3. The van der Waals surface area contributed by atoms with Gasteiger partial charge in [0, 0.05) is 5.39 Å². The highest BCUT2D eigenvalue weighted by Gasteiger charge is 2.12. The Hall–Kier alpha value is -1.56. The third-order valence-corrected chi connectivity index (χ3v) is 4.35. The number of pyridine rings is 1. The molecule has 100 valence electrons. The van der Waals surface area contributed by atoms with Gasteiger partial charge in [-0.15, -0.1) is 0 Å². The van der Waals surface area contributed by atoms with E-state index in [-0.39, 0.29) is 5.82 Å². The fraction of sp³-hybridized carbons (Fsp3) is 0. The van der Waals surface area contributed by atoms with Gasteiger partial charge in [0.05, 0.1) is 15.6 Å². The van der Waals surface area contributed by atoms with Crippen LogP contribution in [0.25, 0.3) is 10.9 Å². The maximum Gasteiger partial charge on any atom is 0.143 e. The van der Waals surface area contributed by atoms with Crippen molar-refractivity contribution in [1.82, 2.24) is 15.0 Å². The number of hydrogen-bond donors (Lipinski definition) is 1. The van der Waals surface area contributed by atoms with Crippen LogP contribution < -0.4 is 5.73 Å². The third-order valence-electron chi connectivity index (χ3n) is 2.62. The molecule has 2 heterocycles. The average molecular weight is 323 g/mol. The van der Waals surface area contributed by atoms with Crippen LogP contribution >= 0.6 is 35.0 Å². The predicted molar refractivity (Wildman–Crippen MR) is 82.3 cm³/mol. The van der Waals surface area contributed by atoms with Crippen LogP contribution in [-0.2, 0) is 0 Å². The standard InChI is InChI=1S/C13H8Cl2N4S/c14-8-5-9(15)13(19-11(8)16)20-12-7-3-1-2-4-10(7)17-6-18-12/h1-6H,(H2,16,19). The van der Waals surface area contributed by atoms with Crippen molar-refractivity contribution in [1.29, 1.82) is 0 Å². The van der Waals surface area contributed by atoms with Crippen LogP contribution in [0.5, 0.6) is 0 Å². The number of rotatable bonds is 2. The van der Waals surface area contributed by atoms with Crippen molar-refractivity contribution in [2.45, 2.75) is 10.1 Å². The summed E-state index contributed by atoms with van der Waals surface area (Å²) in [6.07, 6.45) is 1.51. The molecule has 0 bridgehead atoms. The first-order chi connectivity index (χ1) is 9.65. The van der Waals surface area contributed by atoms with Gasteiger partial charge in [-0.3, -0.25) is 0 Å². The number of anilines is 1. The van der Waals surface area contributed by atoms with E-state index in [1.54, 1.807) is 6.07 Å². The lowest BCUT2D eigenvalue weighted by molar-refractivity contribution is 1.08. The second-order valence-electron chi connectivity index (χ2n) is 3.94. The van der Waals surface area contributed by atoms with Gasteiger partial charge in [0.25, 0.3) is 0 Å². The van der Waals surface area contributed by atoms with Crippen molar-refractivity contribution >= 4 is 51.7 Å². The quantitative estimate of drug-likeness (QED) is 0.720. The number of benzene rings is 1. The van der Waals surface area contributed by atoms with Crippen molar-refractivity contribution in [3.05, 3.63) is 46.7 Å². The zero-order valence-corrected chi connectivity index (χ0v) is 12.4. The van der Waals surface area contributed by atoms with Gasteiger partial charge in [0.1, 0.15) is 22.2 Å². The monoisotopic (exact) mass is 322 g/mol.